The van der Waals surface area contributed by atoms with E-state index in [1.54, 1.807) is 24.3 Å². The van der Waals surface area contributed by atoms with E-state index >= 15 is 0 Å². The average molecular weight is 249 g/mol. The molecule has 0 spiro atoms. The molecule has 2 rings (SSSR count). The Bertz CT molecular complexity index is 578. The molecule has 0 unspecified atom stereocenters. The lowest BCUT2D eigenvalue weighted by Crippen LogP contribution is -1.92. The molecule has 0 bridgehead atoms. The number of Topliss-reactive ketones (excluding diaryl/α,β-unsaturated/α-hetero) is 1. The van der Waals surface area contributed by atoms with Crippen LogP contribution >= 0.6 is 11.6 Å². The zero-order valence-electron chi connectivity index (χ0n) is 9.21. The average Bonchev–Trinajstić information content (AvgIpc) is 2.29. The summed E-state index contributed by atoms with van der Waals surface area (Å²) in [5, 5.41) is 0.339. The van der Waals surface area contributed by atoms with Crippen molar-refractivity contribution >= 4 is 17.4 Å². The second kappa shape index (κ2) is 4.68. The summed E-state index contributed by atoms with van der Waals surface area (Å²) in [6, 6.07) is 11.3. The summed E-state index contributed by atoms with van der Waals surface area (Å²) in [7, 11) is 0. The monoisotopic (exact) mass is 248 g/mol. The minimum absolute atomic E-state index is 0.00918. The summed E-state index contributed by atoms with van der Waals surface area (Å²) in [6.45, 7) is 1.51. The number of carbonyl (C=O) groups is 1. The second-order valence-corrected chi connectivity index (χ2v) is 4.17. The van der Waals surface area contributed by atoms with Gasteiger partial charge in [0.1, 0.15) is 5.82 Å². The lowest BCUT2D eigenvalue weighted by Gasteiger charge is -2.06. The molecule has 2 aromatic carbocycles. The van der Waals surface area contributed by atoms with Crippen LogP contribution in [0.3, 0.4) is 0 Å². The first-order valence-corrected chi connectivity index (χ1v) is 5.52. The second-order valence-electron chi connectivity index (χ2n) is 3.76. The summed E-state index contributed by atoms with van der Waals surface area (Å²) in [6.07, 6.45) is 0. The van der Waals surface area contributed by atoms with Crippen molar-refractivity contribution in [3.05, 3.63) is 58.9 Å². The van der Waals surface area contributed by atoms with Crippen molar-refractivity contribution in [1.82, 2.24) is 0 Å². The first-order chi connectivity index (χ1) is 8.08. The molecule has 0 radical (unpaired) electrons. The predicted octanol–water partition coefficient (Wildman–Crippen LogP) is 4.35. The number of hydrogen-bond acceptors (Lipinski definition) is 1. The van der Waals surface area contributed by atoms with E-state index < -0.39 is 0 Å². The van der Waals surface area contributed by atoms with Crippen molar-refractivity contribution in [3.8, 4) is 11.1 Å². The highest BCUT2D eigenvalue weighted by Gasteiger charge is 2.06. The number of benzene rings is 2. The molecule has 0 aliphatic rings. The van der Waals surface area contributed by atoms with Gasteiger partial charge in [-0.3, -0.25) is 4.79 Å². The Hall–Kier alpha value is -1.67. The van der Waals surface area contributed by atoms with Gasteiger partial charge in [-0.2, -0.15) is 0 Å². The molecule has 0 atom stereocenters. The molecule has 86 valence electrons. The minimum Gasteiger partial charge on any atom is -0.295 e. The van der Waals surface area contributed by atoms with Gasteiger partial charge >= 0.3 is 0 Å². The first-order valence-electron chi connectivity index (χ1n) is 5.14. The summed E-state index contributed by atoms with van der Waals surface area (Å²) in [5.41, 5.74) is 2.14. The highest BCUT2D eigenvalue weighted by Crippen LogP contribution is 2.29. The number of carbonyl (C=O) groups excluding carboxylic acids is 1. The van der Waals surface area contributed by atoms with E-state index in [9.17, 15) is 9.18 Å². The van der Waals surface area contributed by atoms with E-state index in [2.05, 4.69) is 0 Å². The van der Waals surface area contributed by atoms with Crippen LogP contribution in [0.5, 0.6) is 0 Å². The topological polar surface area (TPSA) is 17.1 Å². The van der Waals surface area contributed by atoms with Crippen molar-refractivity contribution in [3.63, 3.8) is 0 Å². The fourth-order valence-electron chi connectivity index (χ4n) is 1.63. The first kappa shape index (κ1) is 11.8. The van der Waals surface area contributed by atoms with Gasteiger partial charge < -0.3 is 0 Å². The number of hydrogen-bond donors (Lipinski definition) is 0. The zero-order chi connectivity index (χ0) is 12.4. The van der Waals surface area contributed by atoms with Crippen LogP contribution in [0.15, 0.2) is 42.5 Å². The Kier molecular flexibility index (Phi) is 3.25. The molecule has 2 aromatic rings. The maximum Gasteiger partial charge on any atom is 0.159 e. The van der Waals surface area contributed by atoms with Crippen molar-refractivity contribution in [2.24, 2.45) is 0 Å². The van der Waals surface area contributed by atoms with Gasteiger partial charge in [0.15, 0.2) is 5.78 Å². The molecule has 0 aliphatic heterocycles. The Labute approximate surface area is 104 Å². The van der Waals surface area contributed by atoms with Gasteiger partial charge in [0, 0.05) is 11.1 Å². The quantitative estimate of drug-likeness (QED) is 0.722. The fourth-order valence-corrected chi connectivity index (χ4v) is 1.91. The molecule has 1 nitrogen and oxygen atoms in total. The predicted molar refractivity (Wildman–Crippen MR) is 66.9 cm³/mol. The smallest absolute Gasteiger partial charge is 0.159 e. The lowest BCUT2D eigenvalue weighted by molar-refractivity contribution is 0.101. The molecule has 0 fully saturated rings. The van der Waals surface area contributed by atoms with E-state index in [4.69, 9.17) is 11.6 Å². The number of halogens is 2. The molecule has 0 saturated heterocycles. The standard InChI is InChI=1S/C14H10ClFO/c1-9(17)10-3-2-4-11(7-10)13-6-5-12(16)8-14(13)15/h2-8H,1H3. The normalized spacial score (nSPS) is 10.3. The molecule has 17 heavy (non-hydrogen) atoms. The molecule has 0 saturated carbocycles. The largest absolute Gasteiger partial charge is 0.295 e. The van der Waals surface area contributed by atoms with Crippen molar-refractivity contribution in [2.45, 2.75) is 6.92 Å². The molecular weight excluding hydrogens is 239 g/mol. The van der Waals surface area contributed by atoms with Gasteiger partial charge in [0.2, 0.25) is 0 Å². The van der Waals surface area contributed by atoms with Crippen LogP contribution in [0.25, 0.3) is 11.1 Å². The third-order valence-corrected chi connectivity index (χ3v) is 2.82. The lowest BCUT2D eigenvalue weighted by atomic mass is 10.0. The molecule has 3 heteroatoms. The van der Waals surface area contributed by atoms with Crippen molar-refractivity contribution < 1.29 is 9.18 Å². The van der Waals surface area contributed by atoms with Gasteiger partial charge in [0.05, 0.1) is 5.02 Å². The van der Waals surface area contributed by atoms with Gasteiger partial charge in [-0.1, -0.05) is 29.8 Å². The van der Waals surface area contributed by atoms with E-state index in [0.717, 1.165) is 11.1 Å². The number of rotatable bonds is 2. The number of ketones is 1. The summed E-state index contributed by atoms with van der Waals surface area (Å²) in [5.74, 6) is -0.383. The highest BCUT2D eigenvalue weighted by atomic mass is 35.5. The summed E-state index contributed by atoms with van der Waals surface area (Å²) < 4.78 is 12.9. The van der Waals surface area contributed by atoms with Crippen molar-refractivity contribution in [1.29, 1.82) is 0 Å². The van der Waals surface area contributed by atoms with Gasteiger partial charge in [-0.05, 0) is 36.8 Å². The molecule has 0 aromatic heterocycles. The van der Waals surface area contributed by atoms with E-state index in [1.165, 1.54) is 19.1 Å². The van der Waals surface area contributed by atoms with Crippen LogP contribution in [0.2, 0.25) is 5.02 Å². The van der Waals surface area contributed by atoms with E-state index in [-0.39, 0.29) is 11.6 Å². The van der Waals surface area contributed by atoms with Crippen LogP contribution in [-0.4, -0.2) is 5.78 Å². The van der Waals surface area contributed by atoms with E-state index in [1.807, 2.05) is 6.07 Å². The van der Waals surface area contributed by atoms with Crippen molar-refractivity contribution in [2.75, 3.05) is 0 Å². The molecule has 0 N–H and O–H groups in total. The Balaban J connectivity index is 2.53. The van der Waals surface area contributed by atoms with Gasteiger partial charge in [-0.15, -0.1) is 0 Å². The maximum absolute atomic E-state index is 12.9. The van der Waals surface area contributed by atoms with Crippen LogP contribution < -0.4 is 0 Å². The molecule has 0 heterocycles. The molecule has 0 amide bonds. The van der Waals surface area contributed by atoms with E-state index in [0.29, 0.717) is 10.6 Å². The van der Waals surface area contributed by atoms with Gasteiger partial charge in [0.25, 0.3) is 0 Å². The maximum atomic E-state index is 12.9. The van der Waals surface area contributed by atoms with Crippen LogP contribution in [0, 0.1) is 5.82 Å². The third-order valence-electron chi connectivity index (χ3n) is 2.51. The summed E-state index contributed by atoms with van der Waals surface area (Å²) in [4.78, 5) is 11.3. The SMILES string of the molecule is CC(=O)c1cccc(-c2ccc(F)cc2Cl)c1. The minimum atomic E-state index is -0.374. The van der Waals surface area contributed by atoms with Crippen LogP contribution in [0.4, 0.5) is 4.39 Å². The summed E-state index contributed by atoms with van der Waals surface area (Å²) >= 11 is 5.97. The fraction of sp³-hybridized carbons (Fsp3) is 0.0714. The molecular formula is C14H10ClFO. The molecule has 0 aliphatic carbocycles. The Morgan fingerprint density at radius 1 is 1.18 bits per heavy atom. The Morgan fingerprint density at radius 2 is 1.94 bits per heavy atom. The van der Waals surface area contributed by atoms with Crippen LogP contribution in [-0.2, 0) is 0 Å². The zero-order valence-corrected chi connectivity index (χ0v) is 9.96. The van der Waals surface area contributed by atoms with Crippen LogP contribution in [0.1, 0.15) is 17.3 Å². The highest BCUT2D eigenvalue weighted by molar-refractivity contribution is 6.33. The Morgan fingerprint density at radius 3 is 2.59 bits per heavy atom. The third kappa shape index (κ3) is 2.53. The van der Waals surface area contributed by atoms with Gasteiger partial charge in [-0.25, -0.2) is 4.39 Å².